The number of hydrogen-bond donors (Lipinski definition) is 2. The molecule has 3 aromatic carbocycles. The van der Waals surface area contributed by atoms with Gasteiger partial charge in [0.25, 0.3) is 0 Å². The molecule has 0 aliphatic heterocycles. The zero-order chi connectivity index (χ0) is 17.6. The Kier molecular flexibility index (Phi) is 5.14. The maximum absolute atomic E-state index is 12.6. The summed E-state index contributed by atoms with van der Waals surface area (Å²) >= 11 is 0. The van der Waals surface area contributed by atoms with E-state index in [0.29, 0.717) is 0 Å². The Bertz CT molecular complexity index is 841. The summed E-state index contributed by atoms with van der Waals surface area (Å²) in [5, 5.41) is 6.28. The number of para-hydroxylation sites is 1. The van der Waals surface area contributed by atoms with Crippen LogP contribution < -0.4 is 10.6 Å². The van der Waals surface area contributed by atoms with E-state index in [9.17, 15) is 4.79 Å². The van der Waals surface area contributed by atoms with Crippen molar-refractivity contribution < 1.29 is 4.79 Å². The average molecular weight is 330 g/mol. The molecule has 0 aromatic heterocycles. The van der Waals surface area contributed by atoms with E-state index in [2.05, 4.69) is 10.6 Å². The second kappa shape index (κ2) is 7.67. The van der Waals surface area contributed by atoms with Crippen LogP contribution in [0.15, 0.2) is 78.9 Å². The summed E-state index contributed by atoms with van der Waals surface area (Å²) in [7, 11) is 0. The Morgan fingerprint density at radius 2 is 1.48 bits per heavy atom. The van der Waals surface area contributed by atoms with Crippen LogP contribution in [0.3, 0.4) is 0 Å². The lowest BCUT2D eigenvalue weighted by molar-refractivity contribution is -0.116. The van der Waals surface area contributed by atoms with Gasteiger partial charge in [-0.25, -0.2) is 0 Å². The third kappa shape index (κ3) is 4.27. The fourth-order valence-electron chi connectivity index (χ4n) is 2.67. The first-order valence-electron chi connectivity index (χ1n) is 8.42. The molecule has 3 rings (SSSR count). The number of rotatable bonds is 5. The molecule has 0 saturated carbocycles. The van der Waals surface area contributed by atoms with Crippen molar-refractivity contribution in [3.63, 3.8) is 0 Å². The van der Waals surface area contributed by atoms with E-state index in [0.717, 1.165) is 22.5 Å². The lowest BCUT2D eigenvalue weighted by Crippen LogP contribution is -2.32. The molecule has 0 bridgehead atoms. The summed E-state index contributed by atoms with van der Waals surface area (Å²) in [6.45, 7) is 3.90. The number of amides is 1. The molecule has 0 heterocycles. The van der Waals surface area contributed by atoms with E-state index >= 15 is 0 Å². The molecular weight excluding hydrogens is 308 g/mol. The van der Waals surface area contributed by atoms with Gasteiger partial charge in [-0.2, -0.15) is 0 Å². The number of hydrogen-bond acceptors (Lipinski definition) is 2. The van der Waals surface area contributed by atoms with Crippen molar-refractivity contribution in [3.8, 4) is 11.1 Å². The van der Waals surface area contributed by atoms with E-state index in [1.165, 1.54) is 5.56 Å². The molecule has 25 heavy (non-hydrogen) atoms. The van der Waals surface area contributed by atoms with Crippen LogP contribution >= 0.6 is 0 Å². The molecule has 0 aliphatic rings. The smallest absolute Gasteiger partial charge is 0.246 e. The first-order chi connectivity index (χ1) is 12.1. The fourth-order valence-corrected chi connectivity index (χ4v) is 2.67. The minimum Gasteiger partial charge on any atom is -0.374 e. The predicted molar refractivity (Wildman–Crippen MR) is 105 cm³/mol. The van der Waals surface area contributed by atoms with Gasteiger partial charge in [-0.3, -0.25) is 4.79 Å². The second-order valence-electron chi connectivity index (χ2n) is 6.13. The maximum atomic E-state index is 12.6. The number of aryl methyl sites for hydroxylation is 1. The van der Waals surface area contributed by atoms with Crippen LogP contribution in [0.2, 0.25) is 0 Å². The van der Waals surface area contributed by atoms with Crippen molar-refractivity contribution >= 4 is 17.3 Å². The number of benzene rings is 3. The highest BCUT2D eigenvalue weighted by Gasteiger charge is 2.14. The van der Waals surface area contributed by atoms with Gasteiger partial charge in [0.15, 0.2) is 0 Å². The second-order valence-corrected chi connectivity index (χ2v) is 6.13. The van der Waals surface area contributed by atoms with Crippen molar-refractivity contribution in [2.24, 2.45) is 0 Å². The maximum Gasteiger partial charge on any atom is 0.246 e. The number of carbonyl (C=O) groups is 1. The monoisotopic (exact) mass is 330 g/mol. The molecule has 1 atom stereocenters. The summed E-state index contributed by atoms with van der Waals surface area (Å²) in [5.74, 6) is -0.0658. The number of carbonyl (C=O) groups excluding carboxylic acids is 1. The van der Waals surface area contributed by atoms with Crippen LogP contribution in [0.4, 0.5) is 11.4 Å². The van der Waals surface area contributed by atoms with E-state index in [1.54, 1.807) is 0 Å². The zero-order valence-electron chi connectivity index (χ0n) is 14.5. The Morgan fingerprint density at radius 3 is 2.20 bits per heavy atom. The molecule has 0 spiro atoms. The SMILES string of the molecule is Cc1ccc(N[C@@H](C)C(=O)Nc2ccccc2-c2ccccc2)cc1. The molecule has 3 heteroatoms. The number of anilines is 2. The highest BCUT2D eigenvalue weighted by atomic mass is 16.2. The first-order valence-corrected chi connectivity index (χ1v) is 8.42. The van der Waals surface area contributed by atoms with Gasteiger partial charge in [0.05, 0.1) is 0 Å². The van der Waals surface area contributed by atoms with Crippen molar-refractivity contribution in [2.75, 3.05) is 10.6 Å². The highest BCUT2D eigenvalue weighted by molar-refractivity contribution is 5.99. The Hall–Kier alpha value is -3.07. The van der Waals surface area contributed by atoms with Crippen molar-refractivity contribution in [3.05, 3.63) is 84.4 Å². The zero-order valence-corrected chi connectivity index (χ0v) is 14.5. The summed E-state index contributed by atoms with van der Waals surface area (Å²) in [6, 6.07) is 25.6. The summed E-state index contributed by atoms with van der Waals surface area (Å²) in [6.07, 6.45) is 0. The molecule has 1 amide bonds. The van der Waals surface area contributed by atoms with Crippen LogP contribution in [-0.2, 0) is 4.79 Å². The van der Waals surface area contributed by atoms with Gasteiger partial charge in [-0.05, 0) is 37.6 Å². The van der Waals surface area contributed by atoms with E-state index in [4.69, 9.17) is 0 Å². The lowest BCUT2D eigenvalue weighted by Gasteiger charge is -2.17. The molecule has 0 radical (unpaired) electrons. The number of nitrogens with one attached hydrogen (secondary N) is 2. The molecule has 0 aliphatic carbocycles. The molecule has 0 unspecified atom stereocenters. The largest absolute Gasteiger partial charge is 0.374 e. The molecule has 0 saturated heterocycles. The van der Waals surface area contributed by atoms with Gasteiger partial charge in [0.2, 0.25) is 5.91 Å². The fraction of sp³-hybridized carbons (Fsp3) is 0.136. The highest BCUT2D eigenvalue weighted by Crippen LogP contribution is 2.27. The summed E-state index contributed by atoms with van der Waals surface area (Å²) in [4.78, 5) is 12.6. The van der Waals surface area contributed by atoms with Crippen molar-refractivity contribution in [1.29, 1.82) is 0 Å². The molecule has 0 fully saturated rings. The Balaban J connectivity index is 1.74. The standard InChI is InChI=1S/C22H22N2O/c1-16-12-14-19(15-13-16)23-17(2)22(25)24-21-11-7-6-10-20(21)18-8-4-3-5-9-18/h3-15,17,23H,1-2H3,(H,24,25)/t17-/m0/s1. The van der Waals surface area contributed by atoms with Crippen LogP contribution in [0.1, 0.15) is 12.5 Å². The van der Waals surface area contributed by atoms with Gasteiger partial charge in [-0.1, -0.05) is 66.2 Å². The van der Waals surface area contributed by atoms with Crippen LogP contribution in [0, 0.1) is 6.92 Å². The molecule has 3 nitrogen and oxygen atoms in total. The molecule has 2 N–H and O–H groups in total. The van der Waals surface area contributed by atoms with Crippen LogP contribution in [0.25, 0.3) is 11.1 Å². The van der Waals surface area contributed by atoms with Gasteiger partial charge in [0.1, 0.15) is 6.04 Å². The lowest BCUT2D eigenvalue weighted by atomic mass is 10.0. The third-order valence-corrected chi connectivity index (χ3v) is 4.10. The van der Waals surface area contributed by atoms with Crippen molar-refractivity contribution in [2.45, 2.75) is 19.9 Å². The first kappa shape index (κ1) is 16.8. The topological polar surface area (TPSA) is 41.1 Å². The minimum absolute atomic E-state index is 0.0658. The van der Waals surface area contributed by atoms with Crippen molar-refractivity contribution in [1.82, 2.24) is 0 Å². The average Bonchev–Trinajstić information content (AvgIpc) is 2.64. The molecule has 3 aromatic rings. The van der Waals surface area contributed by atoms with Gasteiger partial charge >= 0.3 is 0 Å². The van der Waals surface area contributed by atoms with Crippen LogP contribution in [-0.4, -0.2) is 11.9 Å². The predicted octanol–water partition coefficient (Wildman–Crippen LogP) is 5.10. The Morgan fingerprint density at radius 1 is 0.840 bits per heavy atom. The summed E-state index contributed by atoms with van der Waals surface area (Å²) in [5.41, 5.74) is 5.04. The summed E-state index contributed by atoms with van der Waals surface area (Å²) < 4.78 is 0. The normalized spacial score (nSPS) is 11.6. The van der Waals surface area contributed by atoms with Gasteiger partial charge in [-0.15, -0.1) is 0 Å². The van der Waals surface area contributed by atoms with E-state index in [-0.39, 0.29) is 11.9 Å². The third-order valence-electron chi connectivity index (χ3n) is 4.10. The van der Waals surface area contributed by atoms with E-state index in [1.807, 2.05) is 92.7 Å². The van der Waals surface area contributed by atoms with Gasteiger partial charge < -0.3 is 10.6 Å². The van der Waals surface area contributed by atoms with E-state index < -0.39 is 0 Å². The Labute approximate surface area is 148 Å². The molecular formula is C22H22N2O. The molecule has 126 valence electrons. The minimum atomic E-state index is -0.341. The quantitative estimate of drug-likeness (QED) is 0.683. The van der Waals surface area contributed by atoms with Gasteiger partial charge in [0, 0.05) is 16.9 Å². The van der Waals surface area contributed by atoms with Crippen LogP contribution in [0.5, 0.6) is 0 Å².